The summed E-state index contributed by atoms with van der Waals surface area (Å²) in [5, 5.41) is 8.80. The van der Waals surface area contributed by atoms with E-state index in [4.69, 9.17) is 4.42 Å². The second kappa shape index (κ2) is 3.95. The SMILES string of the molecule is Cc1nc2cc(NC(=O)c3ncn[nH]3)ccc2o1. The fraction of sp³-hybridized carbons (Fsp3) is 0.0909. The van der Waals surface area contributed by atoms with Gasteiger partial charge in [0.25, 0.3) is 5.91 Å². The molecule has 90 valence electrons. The second-order valence-electron chi connectivity index (χ2n) is 3.70. The average molecular weight is 243 g/mol. The van der Waals surface area contributed by atoms with Crippen molar-refractivity contribution >= 4 is 22.7 Å². The summed E-state index contributed by atoms with van der Waals surface area (Å²) in [7, 11) is 0. The van der Waals surface area contributed by atoms with Crippen LogP contribution in [0.25, 0.3) is 11.1 Å². The van der Waals surface area contributed by atoms with Crippen LogP contribution >= 0.6 is 0 Å². The van der Waals surface area contributed by atoms with E-state index >= 15 is 0 Å². The molecule has 3 rings (SSSR count). The van der Waals surface area contributed by atoms with E-state index in [1.807, 2.05) is 0 Å². The van der Waals surface area contributed by atoms with E-state index in [-0.39, 0.29) is 11.7 Å². The number of H-pyrrole nitrogens is 1. The fourth-order valence-electron chi connectivity index (χ4n) is 1.63. The highest BCUT2D eigenvalue weighted by atomic mass is 16.3. The van der Waals surface area contributed by atoms with E-state index in [2.05, 4.69) is 25.5 Å². The van der Waals surface area contributed by atoms with Gasteiger partial charge in [0.05, 0.1) is 0 Å². The highest BCUT2D eigenvalue weighted by Crippen LogP contribution is 2.19. The molecule has 1 amide bonds. The fourth-order valence-corrected chi connectivity index (χ4v) is 1.63. The zero-order chi connectivity index (χ0) is 12.5. The molecule has 0 unspecified atom stereocenters. The number of aryl methyl sites for hydroxylation is 1. The summed E-state index contributed by atoms with van der Waals surface area (Å²) < 4.78 is 5.35. The Hall–Kier alpha value is -2.70. The number of rotatable bonds is 2. The van der Waals surface area contributed by atoms with Crippen molar-refractivity contribution in [1.29, 1.82) is 0 Å². The molecule has 1 aromatic carbocycles. The van der Waals surface area contributed by atoms with Gasteiger partial charge in [-0.15, -0.1) is 0 Å². The van der Waals surface area contributed by atoms with Crippen molar-refractivity contribution in [3.8, 4) is 0 Å². The number of nitrogens with one attached hydrogen (secondary N) is 2. The number of anilines is 1. The van der Waals surface area contributed by atoms with Gasteiger partial charge in [0, 0.05) is 12.6 Å². The van der Waals surface area contributed by atoms with Crippen molar-refractivity contribution in [3.63, 3.8) is 0 Å². The zero-order valence-electron chi connectivity index (χ0n) is 9.47. The Kier molecular flexibility index (Phi) is 2.30. The van der Waals surface area contributed by atoms with Crippen molar-refractivity contribution in [2.75, 3.05) is 5.32 Å². The van der Waals surface area contributed by atoms with E-state index in [1.54, 1.807) is 25.1 Å². The van der Waals surface area contributed by atoms with Gasteiger partial charge in [-0.2, -0.15) is 5.10 Å². The molecule has 2 N–H and O–H groups in total. The first-order valence-corrected chi connectivity index (χ1v) is 5.26. The molecular formula is C11H9N5O2. The number of carbonyl (C=O) groups is 1. The molecule has 2 aromatic heterocycles. The molecule has 0 bridgehead atoms. The van der Waals surface area contributed by atoms with Crippen molar-refractivity contribution in [2.24, 2.45) is 0 Å². The number of nitrogens with zero attached hydrogens (tertiary/aromatic N) is 3. The molecule has 0 aliphatic carbocycles. The Morgan fingerprint density at radius 2 is 2.33 bits per heavy atom. The van der Waals surface area contributed by atoms with Gasteiger partial charge in [-0.3, -0.25) is 9.89 Å². The number of hydrogen-bond donors (Lipinski definition) is 2. The summed E-state index contributed by atoms with van der Waals surface area (Å²) in [5.41, 5.74) is 2.00. The number of hydrogen-bond acceptors (Lipinski definition) is 5. The van der Waals surface area contributed by atoms with Crippen molar-refractivity contribution < 1.29 is 9.21 Å². The predicted molar refractivity (Wildman–Crippen MR) is 63.1 cm³/mol. The first-order chi connectivity index (χ1) is 8.72. The van der Waals surface area contributed by atoms with Crippen LogP contribution in [0.5, 0.6) is 0 Å². The lowest BCUT2D eigenvalue weighted by molar-refractivity contribution is 0.101. The van der Waals surface area contributed by atoms with Crippen LogP contribution in [0.1, 0.15) is 16.5 Å². The average Bonchev–Trinajstić information content (AvgIpc) is 2.95. The maximum atomic E-state index is 11.7. The summed E-state index contributed by atoms with van der Waals surface area (Å²) in [6.07, 6.45) is 1.28. The Labute approximate surface area is 101 Å². The highest BCUT2D eigenvalue weighted by molar-refractivity contribution is 6.02. The standard InChI is InChI=1S/C11H9N5O2/c1-6-14-8-4-7(2-3-9(8)18-6)15-11(17)10-12-5-13-16-10/h2-5H,1H3,(H,15,17)(H,12,13,16). The number of carbonyl (C=O) groups excluding carboxylic acids is 1. The number of aromatic nitrogens is 4. The highest BCUT2D eigenvalue weighted by Gasteiger charge is 2.10. The smallest absolute Gasteiger partial charge is 0.292 e. The van der Waals surface area contributed by atoms with E-state index in [0.29, 0.717) is 22.7 Å². The lowest BCUT2D eigenvalue weighted by Gasteiger charge is -2.01. The molecule has 7 nitrogen and oxygen atoms in total. The normalized spacial score (nSPS) is 10.7. The summed E-state index contributed by atoms with van der Waals surface area (Å²) in [4.78, 5) is 19.7. The van der Waals surface area contributed by atoms with Crippen LogP contribution in [0.15, 0.2) is 28.9 Å². The Morgan fingerprint density at radius 3 is 3.11 bits per heavy atom. The number of aromatic amines is 1. The minimum atomic E-state index is -0.355. The molecule has 18 heavy (non-hydrogen) atoms. The van der Waals surface area contributed by atoms with E-state index in [1.165, 1.54) is 6.33 Å². The molecule has 0 atom stereocenters. The monoisotopic (exact) mass is 243 g/mol. The number of oxazole rings is 1. The summed E-state index contributed by atoms with van der Waals surface area (Å²) in [6.45, 7) is 1.77. The van der Waals surface area contributed by atoms with Gasteiger partial charge in [-0.25, -0.2) is 9.97 Å². The molecule has 2 heterocycles. The molecule has 0 saturated carbocycles. The van der Waals surface area contributed by atoms with Gasteiger partial charge >= 0.3 is 0 Å². The zero-order valence-corrected chi connectivity index (χ0v) is 9.47. The van der Waals surface area contributed by atoms with Crippen LogP contribution in [0, 0.1) is 6.92 Å². The summed E-state index contributed by atoms with van der Waals surface area (Å²) in [5.74, 6) is 0.391. The molecule has 0 radical (unpaired) electrons. The molecule has 3 aromatic rings. The number of amides is 1. The topological polar surface area (TPSA) is 96.7 Å². The second-order valence-corrected chi connectivity index (χ2v) is 3.70. The van der Waals surface area contributed by atoms with Gasteiger partial charge in [-0.05, 0) is 18.2 Å². The Bertz CT molecular complexity index is 701. The number of fused-ring (bicyclic) bond motifs is 1. The maximum Gasteiger partial charge on any atom is 0.292 e. The van der Waals surface area contributed by atoms with E-state index < -0.39 is 0 Å². The Morgan fingerprint density at radius 1 is 1.44 bits per heavy atom. The van der Waals surface area contributed by atoms with Gasteiger partial charge in [-0.1, -0.05) is 0 Å². The van der Waals surface area contributed by atoms with Crippen LogP contribution in [0.4, 0.5) is 5.69 Å². The van der Waals surface area contributed by atoms with E-state index in [0.717, 1.165) is 0 Å². The molecular weight excluding hydrogens is 234 g/mol. The van der Waals surface area contributed by atoms with Crippen LogP contribution in [-0.2, 0) is 0 Å². The van der Waals surface area contributed by atoms with Crippen LogP contribution in [0.3, 0.4) is 0 Å². The molecule has 0 aliphatic heterocycles. The third-order valence-electron chi connectivity index (χ3n) is 2.38. The Balaban J connectivity index is 1.88. The summed E-state index contributed by atoms with van der Waals surface area (Å²) >= 11 is 0. The maximum absolute atomic E-state index is 11.7. The van der Waals surface area contributed by atoms with Crippen molar-refractivity contribution in [1.82, 2.24) is 20.2 Å². The molecule has 0 spiro atoms. The van der Waals surface area contributed by atoms with Gasteiger partial charge in [0.15, 0.2) is 11.5 Å². The van der Waals surface area contributed by atoms with Crippen molar-refractivity contribution in [3.05, 3.63) is 36.2 Å². The first-order valence-electron chi connectivity index (χ1n) is 5.26. The third-order valence-corrected chi connectivity index (χ3v) is 2.38. The quantitative estimate of drug-likeness (QED) is 0.711. The summed E-state index contributed by atoms with van der Waals surface area (Å²) in [6, 6.07) is 5.23. The minimum absolute atomic E-state index is 0.159. The largest absolute Gasteiger partial charge is 0.441 e. The van der Waals surface area contributed by atoms with Gasteiger partial charge in [0.1, 0.15) is 11.8 Å². The molecule has 0 fully saturated rings. The lowest BCUT2D eigenvalue weighted by atomic mass is 10.3. The van der Waals surface area contributed by atoms with Gasteiger partial charge in [0.2, 0.25) is 5.82 Å². The lowest BCUT2D eigenvalue weighted by Crippen LogP contribution is -2.13. The van der Waals surface area contributed by atoms with Crippen molar-refractivity contribution in [2.45, 2.75) is 6.92 Å². The predicted octanol–water partition coefficient (Wildman–Crippen LogP) is 1.51. The van der Waals surface area contributed by atoms with Gasteiger partial charge < -0.3 is 9.73 Å². The molecule has 7 heteroatoms. The molecule has 0 aliphatic rings. The minimum Gasteiger partial charge on any atom is -0.441 e. The third kappa shape index (κ3) is 1.81. The molecule has 0 saturated heterocycles. The van der Waals surface area contributed by atoms with Crippen LogP contribution in [-0.4, -0.2) is 26.1 Å². The van der Waals surface area contributed by atoms with Crippen LogP contribution < -0.4 is 5.32 Å². The van der Waals surface area contributed by atoms with E-state index in [9.17, 15) is 4.79 Å². The number of benzene rings is 1. The first kappa shape index (κ1) is 10.5. The van der Waals surface area contributed by atoms with Crippen LogP contribution in [0.2, 0.25) is 0 Å².